The summed E-state index contributed by atoms with van der Waals surface area (Å²) in [4.78, 5) is 24.3. The third-order valence-corrected chi connectivity index (χ3v) is 9.03. The zero-order valence-electron chi connectivity index (χ0n) is 28.6. The van der Waals surface area contributed by atoms with Gasteiger partial charge < -0.3 is 0 Å². The number of unbranched alkanes of at least 4 members (excludes halogenated alkanes) is 28. The van der Waals surface area contributed by atoms with Gasteiger partial charge in [0, 0.05) is 25.7 Å². The molecule has 41 heavy (non-hydrogen) atoms. The predicted octanol–water partition coefficient (Wildman–Crippen LogP) is 13.8. The summed E-state index contributed by atoms with van der Waals surface area (Å²) in [6.07, 6.45) is 44.3. The van der Waals surface area contributed by atoms with E-state index in [2.05, 4.69) is 13.8 Å². The highest BCUT2D eigenvalue weighted by molar-refractivity contribution is 5.81. The van der Waals surface area contributed by atoms with Crippen LogP contribution >= 0.6 is 0 Å². The molecule has 0 aromatic heterocycles. The largest absolute Gasteiger partial charge is 0.300 e. The Bertz CT molecular complexity index is 526. The van der Waals surface area contributed by atoms with E-state index in [0.29, 0.717) is 24.4 Å². The van der Waals surface area contributed by atoms with Crippen molar-refractivity contribution in [3.05, 3.63) is 0 Å². The Morgan fingerprint density at radius 3 is 0.634 bits per heavy atom. The molecule has 0 aliphatic heterocycles. The SMILES string of the molecule is CCCCCCCCCCCCCCCCCCCCCC(=O)CCCC(=O)CCCCCCCCCCCCC. The van der Waals surface area contributed by atoms with Crippen molar-refractivity contribution in [3.8, 4) is 0 Å². The normalized spacial score (nSPS) is 11.4. The van der Waals surface area contributed by atoms with E-state index in [1.54, 1.807) is 0 Å². The first-order chi connectivity index (χ1) is 20.2. The lowest BCUT2D eigenvalue weighted by Gasteiger charge is -2.04. The molecule has 0 aromatic rings. The van der Waals surface area contributed by atoms with Crippen LogP contribution in [-0.2, 0) is 9.59 Å². The summed E-state index contributed by atoms with van der Waals surface area (Å²) in [5.74, 6) is 0.747. The summed E-state index contributed by atoms with van der Waals surface area (Å²) in [6, 6.07) is 0. The molecule has 0 saturated carbocycles. The maximum Gasteiger partial charge on any atom is 0.132 e. The fourth-order valence-corrected chi connectivity index (χ4v) is 6.12. The fraction of sp³-hybridized carbons (Fsp3) is 0.949. The molecule has 0 spiro atoms. The molecule has 0 aromatic carbocycles. The number of hydrogen-bond acceptors (Lipinski definition) is 2. The van der Waals surface area contributed by atoms with Crippen LogP contribution < -0.4 is 0 Å². The Balaban J connectivity index is 3.25. The molecule has 0 aliphatic rings. The first-order valence-corrected chi connectivity index (χ1v) is 19.2. The third kappa shape index (κ3) is 35.4. The van der Waals surface area contributed by atoms with E-state index in [0.717, 1.165) is 32.1 Å². The maximum absolute atomic E-state index is 12.2. The molecule has 0 fully saturated rings. The first-order valence-electron chi connectivity index (χ1n) is 19.2. The number of Topliss-reactive ketones (excluding diaryl/α,β-unsaturated/α-hetero) is 2. The monoisotopic (exact) mass is 577 g/mol. The maximum atomic E-state index is 12.2. The fourth-order valence-electron chi connectivity index (χ4n) is 6.12. The molecule has 0 bridgehead atoms. The zero-order valence-corrected chi connectivity index (χ0v) is 28.6. The standard InChI is InChI=1S/C39H76O2/c1-3-5-7-9-11-13-15-16-17-18-19-20-21-22-24-26-28-30-32-35-39(41)37-33-36-38(40)34-31-29-27-25-23-14-12-10-8-6-4-2/h3-37H2,1-2H3. The van der Waals surface area contributed by atoms with Crippen molar-refractivity contribution >= 4 is 11.6 Å². The predicted molar refractivity (Wildman–Crippen MR) is 183 cm³/mol. The minimum atomic E-state index is 0.372. The Kier molecular flexibility index (Phi) is 35.0. The van der Waals surface area contributed by atoms with Gasteiger partial charge in [0.15, 0.2) is 0 Å². The number of carbonyl (C=O) groups excluding carboxylic acids is 2. The molecule has 0 saturated heterocycles. The van der Waals surface area contributed by atoms with Gasteiger partial charge in [-0.2, -0.15) is 0 Å². The molecule has 0 N–H and O–H groups in total. The molecular weight excluding hydrogens is 500 g/mol. The van der Waals surface area contributed by atoms with E-state index in [4.69, 9.17) is 0 Å². The molecule has 2 nitrogen and oxygen atoms in total. The molecule has 0 aliphatic carbocycles. The average molecular weight is 577 g/mol. The number of rotatable bonds is 36. The van der Waals surface area contributed by atoms with E-state index >= 15 is 0 Å². The van der Waals surface area contributed by atoms with Gasteiger partial charge in [0.05, 0.1) is 0 Å². The Labute approximate surface area is 259 Å². The quantitative estimate of drug-likeness (QED) is 0.0695. The molecule has 0 heterocycles. The van der Waals surface area contributed by atoms with Crippen LogP contribution in [0.2, 0.25) is 0 Å². The first kappa shape index (κ1) is 40.3. The van der Waals surface area contributed by atoms with E-state index in [-0.39, 0.29) is 0 Å². The summed E-state index contributed by atoms with van der Waals surface area (Å²) in [5, 5.41) is 0. The lowest BCUT2D eigenvalue weighted by molar-refractivity contribution is -0.120. The highest BCUT2D eigenvalue weighted by Crippen LogP contribution is 2.16. The highest BCUT2D eigenvalue weighted by atomic mass is 16.1. The Morgan fingerprint density at radius 2 is 0.415 bits per heavy atom. The minimum Gasteiger partial charge on any atom is -0.300 e. The van der Waals surface area contributed by atoms with Crippen LogP contribution in [0.3, 0.4) is 0 Å². The molecular formula is C39H76O2. The van der Waals surface area contributed by atoms with Gasteiger partial charge in [-0.15, -0.1) is 0 Å². The van der Waals surface area contributed by atoms with E-state index in [9.17, 15) is 9.59 Å². The van der Waals surface area contributed by atoms with Crippen LogP contribution in [0.5, 0.6) is 0 Å². The topological polar surface area (TPSA) is 34.1 Å². The summed E-state index contributed by atoms with van der Waals surface area (Å²) in [5.41, 5.74) is 0. The molecule has 0 amide bonds. The second-order valence-electron chi connectivity index (χ2n) is 13.3. The summed E-state index contributed by atoms with van der Waals surface area (Å²) >= 11 is 0. The Morgan fingerprint density at radius 1 is 0.244 bits per heavy atom. The lowest BCUT2D eigenvalue weighted by Crippen LogP contribution is -2.02. The van der Waals surface area contributed by atoms with Gasteiger partial charge in [-0.05, 0) is 19.3 Å². The van der Waals surface area contributed by atoms with Crippen LogP contribution in [0.25, 0.3) is 0 Å². The second-order valence-corrected chi connectivity index (χ2v) is 13.3. The van der Waals surface area contributed by atoms with Crippen LogP contribution in [0.4, 0.5) is 0 Å². The van der Waals surface area contributed by atoms with Crippen molar-refractivity contribution in [2.45, 2.75) is 239 Å². The molecule has 0 rings (SSSR count). The average Bonchev–Trinajstić information content (AvgIpc) is 2.97. The summed E-state index contributed by atoms with van der Waals surface area (Å²) in [7, 11) is 0. The number of hydrogen-bond donors (Lipinski definition) is 0. The van der Waals surface area contributed by atoms with Crippen molar-refractivity contribution < 1.29 is 9.59 Å². The highest BCUT2D eigenvalue weighted by Gasteiger charge is 2.06. The zero-order chi connectivity index (χ0) is 29.9. The summed E-state index contributed by atoms with van der Waals surface area (Å²) in [6.45, 7) is 4.56. The van der Waals surface area contributed by atoms with Crippen LogP contribution in [-0.4, -0.2) is 11.6 Å². The smallest absolute Gasteiger partial charge is 0.132 e. The molecule has 0 unspecified atom stereocenters. The molecule has 0 radical (unpaired) electrons. The third-order valence-electron chi connectivity index (χ3n) is 9.03. The van der Waals surface area contributed by atoms with Gasteiger partial charge >= 0.3 is 0 Å². The number of carbonyl (C=O) groups is 2. The van der Waals surface area contributed by atoms with Gasteiger partial charge in [-0.3, -0.25) is 9.59 Å². The lowest BCUT2D eigenvalue weighted by atomic mass is 10.0. The van der Waals surface area contributed by atoms with Crippen LogP contribution in [0.1, 0.15) is 239 Å². The van der Waals surface area contributed by atoms with Crippen molar-refractivity contribution in [1.82, 2.24) is 0 Å². The van der Waals surface area contributed by atoms with Crippen LogP contribution in [0, 0.1) is 0 Å². The van der Waals surface area contributed by atoms with E-state index in [1.165, 1.54) is 180 Å². The van der Waals surface area contributed by atoms with Gasteiger partial charge in [0.2, 0.25) is 0 Å². The van der Waals surface area contributed by atoms with Gasteiger partial charge in [-0.25, -0.2) is 0 Å². The summed E-state index contributed by atoms with van der Waals surface area (Å²) < 4.78 is 0. The van der Waals surface area contributed by atoms with Gasteiger partial charge in [0.1, 0.15) is 11.6 Å². The van der Waals surface area contributed by atoms with Crippen molar-refractivity contribution in [2.75, 3.05) is 0 Å². The van der Waals surface area contributed by atoms with Gasteiger partial charge in [0.25, 0.3) is 0 Å². The number of ketones is 2. The molecule has 0 atom stereocenters. The minimum absolute atomic E-state index is 0.372. The van der Waals surface area contributed by atoms with Crippen LogP contribution in [0.15, 0.2) is 0 Å². The second kappa shape index (κ2) is 35.5. The molecule has 244 valence electrons. The van der Waals surface area contributed by atoms with Crippen molar-refractivity contribution in [1.29, 1.82) is 0 Å². The van der Waals surface area contributed by atoms with Crippen molar-refractivity contribution in [3.63, 3.8) is 0 Å². The Hall–Kier alpha value is -0.660. The van der Waals surface area contributed by atoms with E-state index < -0.39 is 0 Å². The van der Waals surface area contributed by atoms with Crippen molar-refractivity contribution in [2.24, 2.45) is 0 Å². The molecule has 2 heteroatoms. The van der Waals surface area contributed by atoms with E-state index in [1.807, 2.05) is 0 Å². The van der Waals surface area contributed by atoms with Gasteiger partial charge in [-0.1, -0.05) is 194 Å².